The first-order valence-electron chi connectivity index (χ1n) is 7.94. The largest absolute Gasteiger partial charge is 0.490 e. The van der Waals surface area contributed by atoms with Crippen LogP contribution in [0.3, 0.4) is 0 Å². The normalized spacial score (nSPS) is 13.7. The molecule has 24 heavy (non-hydrogen) atoms. The van der Waals surface area contributed by atoms with E-state index in [1.807, 2.05) is 48.5 Å². The minimum Gasteiger partial charge on any atom is -0.490 e. The van der Waals surface area contributed by atoms with E-state index in [4.69, 9.17) is 9.94 Å². The van der Waals surface area contributed by atoms with Gasteiger partial charge >= 0.3 is 0 Å². The third-order valence-corrected chi connectivity index (χ3v) is 3.65. The number of ether oxygens (including phenoxy) is 1. The third kappa shape index (κ3) is 4.86. The zero-order chi connectivity index (χ0) is 16.8. The summed E-state index contributed by atoms with van der Waals surface area (Å²) in [5.74, 6) is 0.347. The molecule has 124 valence electrons. The quantitative estimate of drug-likeness (QED) is 0.415. The van der Waals surface area contributed by atoms with Gasteiger partial charge < -0.3 is 10.1 Å². The van der Waals surface area contributed by atoms with E-state index in [0.717, 1.165) is 35.4 Å². The molecule has 2 aromatic carbocycles. The second-order valence-electron chi connectivity index (χ2n) is 5.75. The van der Waals surface area contributed by atoms with Crippen molar-refractivity contribution < 1.29 is 14.7 Å². The van der Waals surface area contributed by atoms with Crippen molar-refractivity contribution in [2.75, 3.05) is 5.32 Å². The van der Waals surface area contributed by atoms with Crippen molar-refractivity contribution in [2.45, 2.75) is 25.5 Å². The summed E-state index contributed by atoms with van der Waals surface area (Å²) in [7, 11) is 0. The van der Waals surface area contributed by atoms with Crippen LogP contribution in [-0.2, 0) is 11.3 Å². The van der Waals surface area contributed by atoms with E-state index in [0.29, 0.717) is 12.6 Å². The average molecular weight is 324 g/mol. The lowest BCUT2D eigenvalue weighted by Crippen LogP contribution is -2.14. The van der Waals surface area contributed by atoms with Crippen LogP contribution in [0.1, 0.15) is 24.0 Å². The SMILES string of the molecule is O=C(/C=C/c1cccc(CNc2cccc(OC3CC3)c2)c1)NO. The molecule has 0 saturated heterocycles. The summed E-state index contributed by atoms with van der Waals surface area (Å²) in [6.45, 7) is 0.667. The fourth-order valence-corrected chi connectivity index (χ4v) is 2.28. The molecule has 0 bridgehead atoms. The minimum atomic E-state index is -0.550. The van der Waals surface area contributed by atoms with Crippen LogP contribution >= 0.6 is 0 Å². The van der Waals surface area contributed by atoms with Crippen LogP contribution in [-0.4, -0.2) is 17.2 Å². The predicted octanol–water partition coefficient (Wildman–Crippen LogP) is 3.36. The summed E-state index contributed by atoms with van der Waals surface area (Å²) in [6, 6.07) is 15.8. The number of carbonyl (C=O) groups excluding carboxylic acids is 1. The van der Waals surface area contributed by atoms with Crippen molar-refractivity contribution >= 4 is 17.7 Å². The topological polar surface area (TPSA) is 70.6 Å². The van der Waals surface area contributed by atoms with Gasteiger partial charge in [-0.05, 0) is 48.2 Å². The summed E-state index contributed by atoms with van der Waals surface area (Å²) < 4.78 is 5.79. The second-order valence-corrected chi connectivity index (χ2v) is 5.75. The number of hydroxylamine groups is 1. The van der Waals surface area contributed by atoms with Gasteiger partial charge in [0.25, 0.3) is 5.91 Å². The first-order valence-corrected chi connectivity index (χ1v) is 7.94. The Hall–Kier alpha value is -2.79. The van der Waals surface area contributed by atoms with Gasteiger partial charge in [-0.3, -0.25) is 10.0 Å². The molecule has 5 heteroatoms. The fourth-order valence-electron chi connectivity index (χ4n) is 2.28. The van der Waals surface area contributed by atoms with E-state index in [9.17, 15) is 4.79 Å². The van der Waals surface area contributed by atoms with Crippen LogP contribution in [0.15, 0.2) is 54.6 Å². The Bertz CT molecular complexity index is 739. The molecule has 3 N–H and O–H groups in total. The van der Waals surface area contributed by atoms with Crippen molar-refractivity contribution in [1.82, 2.24) is 5.48 Å². The summed E-state index contributed by atoms with van der Waals surface area (Å²) in [4.78, 5) is 11.0. The van der Waals surface area contributed by atoms with Crippen molar-refractivity contribution in [3.63, 3.8) is 0 Å². The fraction of sp³-hybridized carbons (Fsp3) is 0.211. The van der Waals surface area contributed by atoms with Crippen molar-refractivity contribution in [1.29, 1.82) is 0 Å². The molecule has 0 heterocycles. The molecular formula is C19H20N2O3. The van der Waals surface area contributed by atoms with E-state index in [1.54, 1.807) is 11.6 Å². The molecule has 0 unspecified atom stereocenters. The summed E-state index contributed by atoms with van der Waals surface area (Å²) in [6.07, 6.45) is 5.61. The van der Waals surface area contributed by atoms with Crippen LogP contribution in [0.2, 0.25) is 0 Å². The van der Waals surface area contributed by atoms with Gasteiger partial charge in [0.15, 0.2) is 0 Å². The maximum absolute atomic E-state index is 11.0. The smallest absolute Gasteiger partial charge is 0.267 e. The van der Waals surface area contributed by atoms with Crippen LogP contribution < -0.4 is 15.5 Å². The van der Waals surface area contributed by atoms with E-state index in [1.165, 1.54) is 6.08 Å². The van der Waals surface area contributed by atoms with Crippen LogP contribution in [0.5, 0.6) is 5.75 Å². The van der Waals surface area contributed by atoms with Crippen molar-refractivity contribution in [3.8, 4) is 5.75 Å². The number of amides is 1. The molecule has 0 aromatic heterocycles. The molecule has 0 aliphatic heterocycles. The van der Waals surface area contributed by atoms with E-state index in [-0.39, 0.29) is 0 Å². The Labute approximate surface area is 140 Å². The van der Waals surface area contributed by atoms with Gasteiger partial charge in [-0.2, -0.15) is 0 Å². The lowest BCUT2D eigenvalue weighted by atomic mass is 10.1. The standard InChI is InChI=1S/C19H20N2O3/c22-19(21-23)10-7-14-3-1-4-15(11-14)13-20-16-5-2-6-18(12-16)24-17-8-9-17/h1-7,10-12,17,20,23H,8-9,13H2,(H,21,22)/b10-7+. The number of rotatable bonds is 7. The number of anilines is 1. The molecule has 1 fully saturated rings. The maximum atomic E-state index is 11.0. The average Bonchev–Trinajstić information content (AvgIpc) is 3.42. The Morgan fingerprint density at radius 1 is 1.21 bits per heavy atom. The number of hydrogen-bond acceptors (Lipinski definition) is 4. The molecule has 1 aliphatic rings. The maximum Gasteiger partial charge on any atom is 0.267 e. The van der Waals surface area contributed by atoms with Gasteiger partial charge in [0.1, 0.15) is 5.75 Å². The number of hydrogen-bond donors (Lipinski definition) is 3. The number of benzene rings is 2. The van der Waals surface area contributed by atoms with E-state index >= 15 is 0 Å². The van der Waals surface area contributed by atoms with Crippen molar-refractivity contribution in [2.24, 2.45) is 0 Å². The Morgan fingerprint density at radius 3 is 2.83 bits per heavy atom. The van der Waals surface area contributed by atoms with Gasteiger partial charge in [0.05, 0.1) is 6.10 Å². The van der Waals surface area contributed by atoms with Gasteiger partial charge in [-0.15, -0.1) is 0 Å². The summed E-state index contributed by atoms with van der Waals surface area (Å²) in [5, 5.41) is 11.9. The predicted molar refractivity (Wildman–Crippen MR) is 92.8 cm³/mol. The summed E-state index contributed by atoms with van der Waals surface area (Å²) in [5.41, 5.74) is 4.56. The number of carbonyl (C=O) groups is 1. The number of nitrogens with one attached hydrogen (secondary N) is 2. The molecule has 1 amide bonds. The Kier molecular flexibility index (Phi) is 5.13. The van der Waals surface area contributed by atoms with E-state index in [2.05, 4.69) is 5.32 Å². The van der Waals surface area contributed by atoms with Gasteiger partial charge in [0.2, 0.25) is 0 Å². The minimum absolute atomic E-state index is 0.389. The molecule has 1 saturated carbocycles. The van der Waals surface area contributed by atoms with Crippen LogP contribution in [0.4, 0.5) is 5.69 Å². The molecule has 1 aliphatic carbocycles. The van der Waals surface area contributed by atoms with Gasteiger partial charge in [0, 0.05) is 24.4 Å². The highest BCUT2D eigenvalue weighted by Crippen LogP contribution is 2.28. The highest BCUT2D eigenvalue weighted by atomic mass is 16.5. The molecule has 0 atom stereocenters. The molecule has 0 radical (unpaired) electrons. The zero-order valence-corrected chi connectivity index (χ0v) is 13.2. The molecule has 2 aromatic rings. The third-order valence-electron chi connectivity index (χ3n) is 3.65. The molecule has 0 spiro atoms. The monoisotopic (exact) mass is 324 g/mol. The van der Waals surface area contributed by atoms with Crippen molar-refractivity contribution in [3.05, 3.63) is 65.7 Å². The highest BCUT2D eigenvalue weighted by molar-refractivity contribution is 5.90. The van der Waals surface area contributed by atoms with Crippen LogP contribution in [0, 0.1) is 0 Å². The lowest BCUT2D eigenvalue weighted by molar-refractivity contribution is -0.124. The van der Waals surface area contributed by atoms with Gasteiger partial charge in [-0.25, -0.2) is 5.48 Å². The summed E-state index contributed by atoms with van der Waals surface area (Å²) >= 11 is 0. The highest BCUT2D eigenvalue weighted by Gasteiger charge is 2.23. The van der Waals surface area contributed by atoms with Gasteiger partial charge in [-0.1, -0.05) is 24.3 Å². The molecule has 5 nitrogen and oxygen atoms in total. The molecule has 3 rings (SSSR count). The first-order chi connectivity index (χ1) is 11.7. The zero-order valence-electron chi connectivity index (χ0n) is 13.2. The lowest BCUT2D eigenvalue weighted by Gasteiger charge is -2.10. The first kappa shape index (κ1) is 16.1. The van der Waals surface area contributed by atoms with E-state index < -0.39 is 5.91 Å². The van der Waals surface area contributed by atoms with Crippen LogP contribution in [0.25, 0.3) is 6.08 Å². The second kappa shape index (κ2) is 7.66. The Balaban J connectivity index is 1.59. The Morgan fingerprint density at radius 2 is 2.04 bits per heavy atom. The molecular weight excluding hydrogens is 304 g/mol.